The Morgan fingerprint density at radius 1 is 1.42 bits per heavy atom. The Morgan fingerprint density at radius 2 is 2.21 bits per heavy atom. The number of carbonyl (C=O) groups is 1. The number of nitrogens with one attached hydrogen (secondary N) is 2. The van der Waals surface area contributed by atoms with Gasteiger partial charge in [-0.2, -0.15) is 0 Å². The van der Waals surface area contributed by atoms with E-state index in [4.69, 9.17) is 4.74 Å². The molecule has 5 heteroatoms. The van der Waals surface area contributed by atoms with Crippen LogP contribution in [0.2, 0.25) is 0 Å². The molecule has 1 rings (SSSR count). The summed E-state index contributed by atoms with van der Waals surface area (Å²) in [6.07, 6.45) is 2.06. The van der Waals surface area contributed by atoms with Crippen molar-refractivity contribution in [2.24, 2.45) is 0 Å². The quantitative estimate of drug-likeness (QED) is 0.747. The molecular weight excluding hydrogens is 242 g/mol. The van der Waals surface area contributed by atoms with E-state index in [1.807, 2.05) is 19.1 Å². The van der Waals surface area contributed by atoms with Gasteiger partial charge in [0.15, 0.2) is 0 Å². The highest BCUT2D eigenvalue weighted by molar-refractivity contribution is 5.75. The van der Waals surface area contributed by atoms with Crippen molar-refractivity contribution < 1.29 is 9.53 Å². The van der Waals surface area contributed by atoms with Crippen molar-refractivity contribution in [3.05, 3.63) is 24.0 Å². The zero-order valence-electron chi connectivity index (χ0n) is 11.9. The van der Waals surface area contributed by atoms with Crippen LogP contribution in [0.5, 0.6) is 5.75 Å². The number of hydrogen-bond acceptors (Lipinski definition) is 4. The molecule has 0 aliphatic rings. The van der Waals surface area contributed by atoms with Gasteiger partial charge in [0.1, 0.15) is 5.75 Å². The largest absolute Gasteiger partial charge is 0.491 e. The van der Waals surface area contributed by atoms with Gasteiger partial charge >= 0.3 is 0 Å². The van der Waals surface area contributed by atoms with Crippen LogP contribution in [-0.2, 0) is 11.3 Å². The van der Waals surface area contributed by atoms with E-state index < -0.39 is 0 Å². The van der Waals surface area contributed by atoms with E-state index in [-0.39, 0.29) is 5.91 Å². The minimum absolute atomic E-state index is 0.00760. The number of rotatable bonds is 8. The lowest BCUT2D eigenvalue weighted by molar-refractivity contribution is -0.121. The Hall–Kier alpha value is -1.62. The highest BCUT2D eigenvalue weighted by atomic mass is 16.5. The molecule has 0 unspecified atom stereocenters. The molecule has 2 N–H and O–H groups in total. The molecule has 0 aromatic carbocycles. The summed E-state index contributed by atoms with van der Waals surface area (Å²) in [5.74, 6) is 0.700. The van der Waals surface area contributed by atoms with Crippen LogP contribution in [0.4, 0.5) is 0 Å². The van der Waals surface area contributed by atoms with Crippen molar-refractivity contribution in [1.82, 2.24) is 15.6 Å². The molecule has 0 spiro atoms. The summed E-state index contributed by atoms with van der Waals surface area (Å²) >= 11 is 0. The third-order valence-corrected chi connectivity index (χ3v) is 2.46. The van der Waals surface area contributed by atoms with E-state index in [0.717, 1.165) is 12.2 Å². The van der Waals surface area contributed by atoms with Crippen LogP contribution < -0.4 is 15.4 Å². The SMILES string of the molecule is CCNC(=O)CCOc1ccc(CNC(C)C)nc1. The van der Waals surface area contributed by atoms with Gasteiger partial charge in [-0.25, -0.2) is 0 Å². The van der Waals surface area contributed by atoms with Crippen LogP contribution in [0, 0.1) is 0 Å². The Morgan fingerprint density at radius 3 is 2.79 bits per heavy atom. The van der Waals surface area contributed by atoms with Gasteiger partial charge in [-0.1, -0.05) is 13.8 Å². The van der Waals surface area contributed by atoms with E-state index >= 15 is 0 Å². The van der Waals surface area contributed by atoms with E-state index in [1.54, 1.807) is 6.20 Å². The van der Waals surface area contributed by atoms with Gasteiger partial charge in [-0.3, -0.25) is 9.78 Å². The van der Waals surface area contributed by atoms with Gasteiger partial charge in [0.25, 0.3) is 0 Å². The molecule has 0 atom stereocenters. The maximum Gasteiger partial charge on any atom is 0.223 e. The first-order chi connectivity index (χ1) is 9.11. The van der Waals surface area contributed by atoms with Crippen LogP contribution in [0.15, 0.2) is 18.3 Å². The van der Waals surface area contributed by atoms with Gasteiger partial charge in [0.2, 0.25) is 5.91 Å². The van der Waals surface area contributed by atoms with E-state index in [1.165, 1.54) is 0 Å². The zero-order chi connectivity index (χ0) is 14.1. The molecule has 0 bridgehead atoms. The summed E-state index contributed by atoms with van der Waals surface area (Å²) < 4.78 is 5.46. The second-order valence-electron chi connectivity index (χ2n) is 4.57. The fourth-order valence-corrected chi connectivity index (χ4v) is 1.46. The molecule has 0 aliphatic carbocycles. The molecule has 1 heterocycles. The molecule has 5 nitrogen and oxygen atoms in total. The van der Waals surface area contributed by atoms with Crippen LogP contribution in [0.1, 0.15) is 32.9 Å². The Labute approximate surface area is 114 Å². The lowest BCUT2D eigenvalue weighted by Gasteiger charge is -2.09. The Kier molecular flexibility index (Phi) is 6.89. The molecule has 0 radical (unpaired) electrons. The lowest BCUT2D eigenvalue weighted by atomic mass is 10.3. The zero-order valence-corrected chi connectivity index (χ0v) is 11.9. The first kappa shape index (κ1) is 15.4. The number of aromatic nitrogens is 1. The van der Waals surface area contributed by atoms with E-state index in [9.17, 15) is 4.79 Å². The monoisotopic (exact) mass is 265 g/mol. The van der Waals surface area contributed by atoms with Gasteiger partial charge in [-0.05, 0) is 19.1 Å². The topological polar surface area (TPSA) is 63.2 Å². The van der Waals surface area contributed by atoms with Crippen LogP contribution in [0.3, 0.4) is 0 Å². The van der Waals surface area contributed by atoms with Gasteiger partial charge < -0.3 is 15.4 Å². The minimum atomic E-state index is 0.00760. The average molecular weight is 265 g/mol. The van der Waals surface area contributed by atoms with Crippen molar-refractivity contribution >= 4 is 5.91 Å². The van der Waals surface area contributed by atoms with Crippen LogP contribution in [-0.4, -0.2) is 30.1 Å². The molecule has 0 saturated carbocycles. The molecule has 0 fully saturated rings. The molecule has 1 aromatic rings. The predicted molar refractivity (Wildman–Crippen MR) is 75.0 cm³/mol. The molecule has 19 heavy (non-hydrogen) atoms. The molecule has 1 amide bonds. The molecule has 1 aromatic heterocycles. The Balaban J connectivity index is 2.30. The summed E-state index contributed by atoms with van der Waals surface area (Å²) in [5.41, 5.74) is 0.977. The molecule has 0 saturated heterocycles. The fourth-order valence-electron chi connectivity index (χ4n) is 1.46. The minimum Gasteiger partial charge on any atom is -0.491 e. The number of ether oxygens (including phenoxy) is 1. The number of amides is 1. The van der Waals surface area contributed by atoms with E-state index in [2.05, 4.69) is 29.5 Å². The van der Waals surface area contributed by atoms with Crippen LogP contribution >= 0.6 is 0 Å². The number of hydrogen-bond donors (Lipinski definition) is 2. The summed E-state index contributed by atoms with van der Waals surface area (Å²) in [7, 11) is 0. The van der Waals surface area contributed by atoms with Gasteiger partial charge in [0.05, 0.1) is 24.9 Å². The Bertz CT molecular complexity index is 377. The van der Waals surface area contributed by atoms with Crippen molar-refractivity contribution in [3.63, 3.8) is 0 Å². The summed E-state index contributed by atoms with van der Waals surface area (Å²) in [6, 6.07) is 4.24. The number of nitrogens with zero attached hydrogens (tertiary/aromatic N) is 1. The third-order valence-electron chi connectivity index (χ3n) is 2.46. The molecule has 0 aliphatic heterocycles. The first-order valence-electron chi connectivity index (χ1n) is 6.69. The van der Waals surface area contributed by atoms with Gasteiger partial charge in [0, 0.05) is 19.1 Å². The summed E-state index contributed by atoms with van der Waals surface area (Å²) in [4.78, 5) is 15.5. The van der Waals surface area contributed by atoms with Gasteiger partial charge in [-0.15, -0.1) is 0 Å². The lowest BCUT2D eigenvalue weighted by Crippen LogP contribution is -2.24. The smallest absolute Gasteiger partial charge is 0.223 e. The van der Waals surface area contributed by atoms with Crippen LogP contribution in [0.25, 0.3) is 0 Å². The predicted octanol–water partition coefficient (Wildman–Crippen LogP) is 1.48. The summed E-state index contributed by atoms with van der Waals surface area (Å²) in [5, 5.41) is 6.02. The van der Waals surface area contributed by atoms with Crippen molar-refractivity contribution in [1.29, 1.82) is 0 Å². The third kappa shape index (κ3) is 6.76. The summed E-state index contributed by atoms with van der Waals surface area (Å²) in [6.45, 7) is 7.86. The molecule has 106 valence electrons. The fraction of sp³-hybridized carbons (Fsp3) is 0.571. The van der Waals surface area contributed by atoms with Crippen molar-refractivity contribution in [2.45, 2.75) is 39.8 Å². The maximum absolute atomic E-state index is 11.2. The maximum atomic E-state index is 11.2. The average Bonchev–Trinajstić information content (AvgIpc) is 2.38. The van der Waals surface area contributed by atoms with Crippen molar-refractivity contribution in [3.8, 4) is 5.75 Å². The number of carbonyl (C=O) groups excluding carboxylic acids is 1. The highest BCUT2D eigenvalue weighted by Gasteiger charge is 2.01. The second kappa shape index (κ2) is 8.48. The first-order valence-corrected chi connectivity index (χ1v) is 6.69. The standard InChI is InChI=1S/C14H23N3O2/c1-4-15-14(18)7-8-19-13-6-5-12(17-10-13)9-16-11(2)3/h5-6,10-11,16H,4,7-9H2,1-3H3,(H,15,18). The highest BCUT2D eigenvalue weighted by Crippen LogP contribution is 2.09. The number of pyridine rings is 1. The van der Waals surface area contributed by atoms with Crippen molar-refractivity contribution in [2.75, 3.05) is 13.2 Å². The normalized spacial score (nSPS) is 10.5. The second-order valence-corrected chi connectivity index (χ2v) is 4.57. The molecular formula is C14H23N3O2. The van der Waals surface area contributed by atoms with E-state index in [0.29, 0.717) is 31.4 Å².